The van der Waals surface area contributed by atoms with E-state index in [1.165, 1.54) is 4.57 Å². The Morgan fingerprint density at radius 3 is 2.56 bits per heavy atom. The van der Waals surface area contributed by atoms with Crippen molar-refractivity contribution in [2.24, 2.45) is 7.05 Å². The van der Waals surface area contributed by atoms with E-state index < -0.39 is 5.76 Å². The summed E-state index contributed by atoms with van der Waals surface area (Å²) in [5.41, 5.74) is 1.20. The number of carbonyl (C=O) groups is 1. The number of hydrogen-bond donors (Lipinski definition) is 1. The highest BCUT2D eigenvalue weighted by Gasteiger charge is 2.21. The zero-order chi connectivity index (χ0) is 18.0. The van der Waals surface area contributed by atoms with Crippen LogP contribution < -0.4 is 15.8 Å². The zero-order valence-corrected chi connectivity index (χ0v) is 14.4. The number of oxazole rings is 1. The lowest BCUT2D eigenvalue weighted by atomic mass is 10.1. The highest BCUT2D eigenvalue weighted by Crippen LogP contribution is 2.18. The van der Waals surface area contributed by atoms with Crippen LogP contribution in [0.25, 0.3) is 11.1 Å². The Bertz CT molecular complexity index is 943. The van der Waals surface area contributed by atoms with Crippen molar-refractivity contribution in [3.8, 4) is 5.75 Å². The van der Waals surface area contributed by atoms with Crippen molar-refractivity contribution in [1.82, 2.24) is 9.88 Å². The van der Waals surface area contributed by atoms with Crippen LogP contribution >= 0.6 is 0 Å². The van der Waals surface area contributed by atoms with Crippen LogP contribution in [0.15, 0.2) is 57.7 Å². The predicted molar refractivity (Wildman–Crippen MR) is 94.9 cm³/mol. The lowest BCUT2D eigenvalue weighted by molar-refractivity contribution is 0.0894. The van der Waals surface area contributed by atoms with Crippen LogP contribution in [0.5, 0.6) is 5.75 Å². The van der Waals surface area contributed by atoms with Gasteiger partial charge in [-0.15, -0.1) is 0 Å². The molecule has 0 aliphatic carbocycles. The summed E-state index contributed by atoms with van der Waals surface area (Å²) in [5, 5.41) is 2.90. The number of fused-ring (bicyclic) bond motifs is 1. The molecule has 1 aromatic heterocycles. The molecular weight excluding hydrogens is 320 g/mol. The van der Waals surface area contributed by atoms with E-state index in [4.69, 9.17) is 9.15 Å². The van der Waals surface area contributed by atoms with Gasteiger partial charge in [0.25, 0.3) is 5.91 Å². The number of hydrogen-bond acceptors (Lipinski definition) is 4. The minimum Gasteiger partial charge on any atom is -0.489 e. The molecule has 1 amide bonds. The van der Waals surface area contributed by atoms with Crippen molar-refractivity contribution >= 4 is 17.0 Å². The van der Waals surface area contributed by atoms with Crippen LogP contribution in [0.4, 0.5) is 0 Å². The lowest BCUT2D eigenvalue weighted by Gasteiger charge is -2.22. The van der Waals surface area contributed by atoms with Gasteiger partial charge in [-0.05, 0) is 38.1 Å². The van der Waals surface area contributed by atoms with Crippen molar-refractivity contribution in [1.29, 1.82) is 0 Å². The molecule has 0 bridgehead atoms. The number of aromatic nitrogens is 1. The summed E-state index contributed by atoms with van der Waals surface area (Å²) in [7, 11) is 1.61. The Morgan fingerprint density at radius 2 is 1.84 bits per heavy atom. The number of nitrogens with one attached hydrogen (secondary N) is 1. The molecule has 1 heterocycles. The third kappa shape index (κ3) is 3.42. The highest BCUT2D eigenvalue weighted by molar-refractivity contribution is 6.04. The summed E-state index contributed by atoms with van der Waals surface area (Å²) in [6.07, 6.45) is -0.228. The third-order valence-corrected chi connectivity index (χ3v) is 4.19. The minimum absolute atomic E-state index is 0.228. The van der Waals surface area contributed by atoms with E-state index in [1.54, 1.807) is 25.2 Å². The Balaban J connectivity index is 1.76. The maximum Gasteiger partial charge on any atom is 0.419 e. The molecule has 3 aromatic rings. The number of para-hydroxylation sites is 2. The van der Waals surface area contributed by atoms with Gasteiger partial charge in [-0.3, -0.25) is 9.36 Å². The Kier molecular flexibility index (Phi) is 4.61. The van der Waals surface area contributed by atoms with Gasteiger partial charge in [0.05, 0.1) is 17.1 Å². The van der Waals surface area contributed by atoms with E-state index in [9.17, 15) is 9.59 Å². The molecule has 130 valence electrons. The Morgan fingerprint density at radius 1 is 1.12 bits per heavy atom. The van der Waals surface area contributed by atoms with E-state index in [2.05, 4.69) is 5.32 Å². The molecule has 0 radical (unpaired) electrons. The van der Waals surface area contributed by atoms with E-state index in [0.717, 1.165) is 5.75 Å². The lowest BCUT2D eigenvalue weighted by Crippen LogP contribution is -2.42. The first kappa shape index (κ1) is 16.8. The molecule has 0 saturated carbocycles. The maximum absolute atomic E-state index is 12.6. The molecule has 3 rings (SSSR count). The average Bonchev–Trinajstić information content (AvgIpc) is 2.90. The van der Waals surface area contributed by atoms with Gasteiger partial charge in [-0.2, -0.15) is 0 Å². The van der Waals surface area contributed by atoms with E-state index in [0.29, 0.717) is 11.1 Å². The van der Waals surface area contributed by atoms with Gasteiger partial charge in [0, 0.05) is 7.05 Å². The Labute approximate surface area is 145 Å². The fourth-order valence-electron chi connectivity index (χ4n) is 2.55. The molecule has 0 spiro atoms. The van der Waals surface area contributed by atoms with Gasteiger partial charge in [0.2, 0.25) is 0 Å². The van der Waals surface area contributed by atoms with Crippen LogP contribution in [0, 0.1) is 0 Å². The quantitative estimate of drug-likeness (QED) is 0.775. The highest BCUT2D eigenvalue weighted by atomic mass is 16.5. The summed E-state index contributed by atoms with van der Waals surface area (Å²) in [6, 6.07) is 14.3. The maximum atomic E-state index is 12.6. The normalized spacial score (nSPS) is 13.4. The van der Waals surface area contributed by atoms with Crippen LogP contribution in [-0.2, 0) is 7.05 Å². The van der Waals surface area contributed by atoms with Crippen molar-refractivity contribution < 1.29 is 13.9 Å². The molecule has 6 nitrogen and oxygen atoms in total. The molecular formula is C19H20N2O4. The fraction of sp³-hybridized carbons (Fsp3) is 0.263. The summed E-state index contributed by atoms with van der Waals surface area (Å²) in [6.45, 7) is 3.76. The van der Waals surface area contributed by atoms with Crippen LogP contribution in [0.1, 0.15) is 24.2 Å². The average molecular weight is 340 g/mol. The van der Waals surface area contributed by atoms with Gasteiger partial charge < -0.3 is 14.5 Å². The number of aryl methyl sites for hydroxylation is 1. The monoisotopic (exact) mass is 340 g/mol. The zero-order valence-electron chi connectivity index (χ0n) is 14.4. The van der Waals surface area contributed by atoms with Crippen LogP contribution in [-0.4, -0.2) is 22.6 Å². The van der Waals surface area contributed by atoms with Gasteiger partial charge in [-0.25, -0.2) is 4.79 Å². The standard InChI is InChI=1S/C19H20N2O4/c1-12(13(2)24-14-8-5-4-6-9-14)20-18(22)15-10-7-11-16-17(15)25-19(23)21(16)3/h4-13H,1-3H3,(H,20,22)/t12-,13+/m1/s1. The molecule has 0 aliphatic heterocycles. The summed E-state index contributed by atoms with van der Waals surface area (Å²) >= 11 is 0. The second-order valence-electron chi connectivity index (χ2n) is 5.98. The van der Waals surface area contributed by atoms with Gasteiger partial charge in [0.1, 0.15) is 11.9 Å². The van der Waals surface area contributed by atoms with E-state index in [1.807, 2.05) is 44.2 Å². The first-order valence-corrected chi connectivity index (χ1v) is 8.08. The third-order valence-electron chi connectivity index (χ3n) is 4.19. The number of carbonyl (C=O) groups excluding carboxylic acids is 1. The van der Waals surface area contributed by atoms with E-state index >= 15 is 0 Å². The van der Waals surface area contributed by atoms with Gasteiger partial charge in [0.15, 0.2) is 5.58 Å². The van der Waals surface area contributed by atoms with Crippen molar-refractivity contribution in [2.45, 2.75) is 26.0 Å². The first-order valence-electron chi connectivity index (χ1n) is 8.08. The molecule has 0 aliphatic rings. The summed E-state index contributed by atoms with van der Waals surface area (Å²) in [4.78, 5) is 24.3. The largest absolute Gasteiger partial charge is 0.489 e. The molecule has 6 heteroatoms. The van der Waals surface area contributed by atoms with Crippen molar-refractivity contribution in [3.63, 3.8) is 0 Å². The van der Waals surface area contributed by atoms with Crippen LogP contribution in [0.3, 0.4) is 0 Å². The molecule has 0 unspecified atom stereocenters. The Hall–Kier alpha value is -3.02. The second kappa shape index (κ2) is 6.84. The molecule has 25 heavy (non-hydrogen) atoms. The minimum atomic E-state index is -0.496. The van der Waals surface area contributed by atoms with Gasteiger partial charge in [-0.1, -0.05) is 24.3 Å². The SMILES string of the molecule is C[C@H](Oc1ccccc1)[C@@H](C)NC(=O)c1cccc2c1oc(=O)n2C. The smallest absolute Gasteiger partial charge is 0.419 e. The molecule has 0 saturated heterocycles. The number of nitrogens with zero attached hydrogens (tertiary/aromatic N) is 1. The number of benzene rings is 2. The van der Waals surface area contributed by atoms with Crippen molar-refractivity contribution in [2.75, 3.05) is 0 Å². The first-order chi connectivity index (χ1) is 12.0. The van der Waals surface area contributed by atoms with Crippen molar-refractivity contribution in [3.05, 3.63) is 64.6 Å². The number of amides is 1. The molecule has 2 aromatic carbocycles. The number of ether oxygens (including phenoxy) is 1. The number of rotatable bonds is 5. The van der Waals surface area contributed by atoms with Crippen LogP contribution in [0.2, 0.25) is 0 Å². The fourth-order valence-corrected chi connectivity index (χ4v) is 2.55. The predicted octanol–water partition coefficient (Wildman–Crippen LogP) is 2.72. The summed E-state index contributed by atoms with van der Waals surface area (Å²) in [5.74, 6) is -0.0627. The molecule has 0 fully saturated rings. The molecule has 1 N–H and O–H groups in total. The topological polar surface area (TPSA) is 73.5 Å². The summed E-state index contributed by atoms with van der Waals surface area (Å²) < 4.78 is 12.4. The second-order valence-corrected chi connectivity index (χ2v) is 5.98. The van der Waals surface area contributed by atoms with E-state index in [-0.39, 0.29) is 23.6 Å². The molecule has 2 atom stereocenters. The van der Waals surface area contributed by atoms with Gasteiger partial charge >= 0.3 is 5.76 Å².